The lowest BCUT2D eigenvalue weighted by molar-refractivity contribution is 0.0101. The topological polar surface area (TPSA) is 70.0 Å². The fraction of sp³-hybridized carbons (Fsp3) is 0.941. The number of ether oxygens (including phenoxy) is 1. The van der Waals surface area contributed by atoms with E-state index in [1.807, 2.05) is 34.6 Å². The van der Waals surface area contributed by atoms with Crippen LogP contribution < -0.4 is 0 Å². The molecular formula is C17H37NO4. The van der Waals surface area contributed by atoms with Gasteiger partial charge in [0.25, 0.3) is 0 Å². The van der Waals surface area contributed by atoms with Crippen molar-refractivity contribution in [3.8, 4) is 0 Å². The van der Waals surface area contributed by atoms with E-state index >= 15 is 0 Å². The Bertz CT molecular complexity index is 266. The average molecular weight is 319 g/mol. The second-order valence-electron chi connectivity index (χ2n) is 6.98. The van der Waals surface area contributed by atoms with Crippen LogP contribution >= 0.6 is 0 Å². The molecule has 1 aliphatic heterocycles. The van der Waals surface area contributed by atoms with Crippen molar-refractivity contribution < 1.29 is 19.7 Å². The Morgan fingerprint density at radius 2 is 1.59 bits per heavy atom. The molecule has 1 rings (SSSR count). The summed E-state index contributed by atoms with van der Waals surface area (Å²) in [4.78, 5) is 13.2. The van der Waals surface area contributed by atoms with E-state index in [9.17, 15) is 9.90 Å². The molecule has 0 aliphatic carbocycles. The van der Waals surface area contributed by atoms with Crippen LogP contribution in [0.15, 0.2) is 0 Å². The third-order valence-electron chi connectivity index (χ3n) is 2.48. The first-order valence-electron chi connectivity index (χ1n) is 8.34. The zero-order chi connectivity index (χ0) is 17.8. The van der Waals surface area contributed by atoms with Gasteiger partial charge in [-0.2, -0.15) is 0 Å². The number of nitrogens with zero attached hydrogens (tertiary/aromatic N) is 1. The Morgan fingerprint density at radius 1 is 1.23 bits per heavy atom. The molecule has 1 fully saturated rings. The van der Waals surface area contributed by atoms with Crippen LogP contribution in [-0.2, 0) is 4.74 Å². The van der Waals surface area contributed by atoms with Gasteiger partial charge in [-0.3, -0.25) is 0 Å². The molecule has 1 aliphatic rings. The van der Waals surface area contributed by atoms with Gasteiger partial charge in [0.15, 0.2) is 0 Å². The Balaban J connectivity index is 0. The zero-order valence-corrected chi connectivity index (χ0v) is 15.6. The summed E-state index contributed by atoms with van der Waals surface area (Å²) in [5, 5.41) is 17.4. The highest BCUT2D eigenvalue weighted by Gasteiger charge is 2.25. The molecule has 22 heavy (non-hydrogen) atoms. The van der Waals surface area contributed by atoms with Crippen molar-refractivity contribution in [3.05, 3.63) is 0 Å². The monoisotopic (exact) mass is 319 g/mol. The summed E-state index contributed by atoms with van der Waals surface area (Å²) in [5.74, 6) is 0.440. The molecule has 1 amide bonds. The number of amides is 1. The SMILES string of the molecule is CC(C)(C)OC(=O)N1CCC(O)CC1.CC(C)CO.CCC. The van der Waals surface area contributed by atoms with E-state index in [0.29, 0.717) is 38.5 Å². The number of aliphatic hydroxyl groups is 2. The van der Waals surface area contributed by atoms with E-state index in [-0.39, 0.29) is 12.2 Å². The van der Waals surface area contributed by atoms with Crippen molar-refractivity contribution in [3.63, 3.8) is 0 Å². The van der Waals surface area contributed by atoms with Crippen LogP contribution in [0.2, 0.25) is 0 Å². The van der Waals surface area contributed by atoms with Gasteiger partial charge in [-0.15, -0.1) is 0 Å². The van der Waals surface area contributed by atoms with E-state index in [0.717, 1.165) is 0 Å². The smallest absolute Gasteiger partial charge is 0.410 e. The van der Waals surface area contributed by atoms with Crippen LogP contribution in [0.1, 0.15) is 67.7 Å². The molecule has 0 unspecified atom stereocenters. The van der Waals surface area contributed by atoms with Crippen molar-refractivity contribution in [2.75, 3.05) is 19.7 Å². The molecule has 5 nitrogen and oxygen atoms in total. The van der Waals surface area contributed by atoms with Gasteiger partial charge in [0.05, 0.1) is 6.10 Å². The fourth-order valence-corrected chi connectivity index (χ4v) is 1.37. The highest BCUT2D eigenvalue weighted by Crippen LogP contribution is 2.14. The molecular weight excluding hydrogens is 282 g/mol. The van der Waals surface area contributed by atoms with Gasteiger partial charge in [0.2, 0.25) is 0 Å². The summed E-state index contributed by atoms with van der Waals surface area (Å²) < 4.78 is 5.22. The summed E-state index contributed by atoms with van der Waals surface area (Å²) in [6, 6.07) is 0. The number of carbonyl (C=O) groups excluding carboxylic acids is 1. The average Bonchev–Trinajstić information content (AvgIpc) is 2.39. The Morgan fingerprint density at radius 3 is 1.86 bits per heavy atom. The van der Waals surface area contributed by atoms with Crippen LogP contribution in [0.3, 0.4) is 0 Å². The van der Waals surface area contributed by atoms with Crippen molar-refractivity contribution in [1.29, 1.82) is 0 Å². The first kappa shape index (κ1) is 23.5. The predicted octanol–water partition coefficient (Wildman–Crippen LogP) is 3.43. The molecule has 0 radical (unpaired) electrons. The highest BCUT2D eigenvalue weighted by atomic mass is 16.6. The van der Waals surface area contributed by atoms with Gasteiger partial charge in [0, 0.05) is 19.7 Å². The maximum atomic E-state index is 11.5. The van der Waals surface area contributed by atoms with Crippen molar-refractivity contribution in [2.24, 2.45) is 5.92 Å². The molecule has 0 spiro atoms. The summed E-state index contributed by atoms with van der Waals surface area (Å²) in [7, 11) is 0. The number of piperidine rings is 1. The van der Waals surface area contributed by atoms with Crippen LogP contribution in [0.25, 0.3) is 0 Å². The predicted molar refractivity (Wildman–Crippen MR) is 90.9 cm³/mol. The molecule has 0 aromatic rings. The molecule has 0 atom stereocenters. The maximum absolute atomic E-state index is 11.5. The van der Waals surface area contributed by atoms with E-state index < -0.39 is 5.60 Å². The van der Waals surface area contributed by atoms with E-state index in [4.69, 9.17) is 9.84 Å². The molecule has 0 bridgehead atoms. The molecule has 5 heteroatoms. The van der Waals surface area contributed by atoms with Crippen molar-refractivity contribution in [1.82, 2.24) is 4.90 Å². The lowest BCUT2D eigenvalue weighted by Crippen LogP contribution is -2.42. The second kappa shape index (κ2) is 12.7. The molecule has 0 aromatic carbocycles. The molecule has 1 saturated heterocycles. The second-order valence-corrected chi connectivity index (χ2v) is 6.98. The van der Waals surface area contributed by atoms with Crippen LogP contribution in [0.5, 0.6) is 0 Å². The molecule has 1 heterocycles. The number of aliphatic hydroxyl groups excluding tert-OH is 2. The number of carbonyl (C=O) groups is 1. The van der Waals surface area contributed by atoms with E-state index in [1.54, 1.807) is 4.90 Å². The first-order valence-corrected chi connectivity index (χ1v) is 8.34. The number of hydrogen-bond acceptors (Lipinski definition) is 4. The quantitative estimate of drug-likeness (QED) is 0.777. The Kier molecular flexibility index (Phi) is 13.5. The van der Waals surface area contributed by atoms with Gasteiger partial charge in [-0.1, -0.05) is 34.1 Å². The van der Waals surface area contributed by atoms with Gasteiger partial charge in [-0.25, -0.2) is 4.79 Å². The number of likely N-dealkylation sites (tertiary alicyclic amines) is 1. The van der Waals surface area contributed by atoms with Crippen LogP contribution in [0.4, 0.5) is 4.79 Å². The van der Waals surface area contributed by atoms with Crippen LogP contribution in [-0.4, -0.2) is 52.6 Å². The largest absolute Gasteiger partial charge is 0.444 e. The molecule has 2 N–H and O–H groups in total. The Hall–Kier alpha value is -0.810. The van der Waals surface area contributed by atoms with E-state index in [1.165, 1.54) is 6.42 Å². The van der Waals surface area contributed by atoms with Crippen molar-refractivity contribution >= 4 is 6.09 Å². The Labute approximate surface area is 136 Å². The normalized spacial score (nSPS) is 15.5. The van der Waals surface area contributed by atoms with Gasteiger partial charge >= 0.3 is 6.09 Å². The van der Waals surface area contributed by atoms with Gasteiger partial charge < -0.3 is 19.8 Å². The van der Waals surface area contributed by atoms with Crippen molar-refractivity contribution in [2.45, 2.75) is 79.4 Å². The van der Waals surface area contributed by atoms with E-state index in [2.05, 4.69) is 13.8 Å². The summed E-state index contributed by atoms with van der Waals surface area (Å²) in [6.45, 7) is 15.2. The van der Waals surface area contributed by atoms with Crippen LogP contribution in [0, 0.1) is 5.92 Å². The van der Waals surface area contributed by atoms with Gasteiger partial charge in [0.1, 0.15) is 5.60 Å². The maximum Gasteiger partial charge on any atom is 0.410 e. The molecule has 0 saturated carbocycles. The third-order valence-corrected chi connectivity index (χ3v) is 2.48. The molecule has 0 aromatic heterocycles. The standard InChI is InChI=1S/C10H19NO3.C4H10O.C3H8/c1-10(2,3)14-9(13)11-6-4-8(12)5-7-11;1-4(2)3-5;1-3-2/h8,12H,4-7H2,1-3H3;4-5H,3H2,1-2H3;3H2,1-2H3. The zero-order valence-electron chi connectivity index (χ0n) is 15.6. The summed E-state index contributed by atoms with van der Waals surface area (Å²) >= 11 is 0. The lowest BCUT2D eigenvalue weighted by Gasteiger charge is -2.31. The highest BCUT2D eigenvalue weighted by molar-refractivity contribution is 5.68. The third kappa shape index (κ3) is 15.6. The lowest BCUT2D eigenvalue weighted by atomic mass is 10.1. The minimum absolute atomic E-state index is 0.256. The minimum atomic E-state index is -0.437. The number of rotatable bonds is 1. The fourth-order valence-electron chi connectivity index (χ4n) is 1.37. The first-order chi connectivity index (χ1) is 10.1. The van der Waals surface area contributed by atoms with Gasteiger partial charge in [-0.05, 0) is 39.5 Å². The summed E-state index contributed by atoms with van der Waals surface area (Å²) in [6.07, 6.45) is 2.02. The minimum Gasteiger partial charge on any atom is -0.444 e. The number of hydrogen-bond donors (Lipinski definition) is 2. The summed E-state index contributed by atoms with van der Waals surface area (Å²) in [5.41, 5.74) is -0.437. The molecule has 134 valence electrons.